The summed E-state index contributed by atoms with van der Waals surface area (Å²) in [5.74, 6) is -1.01. The highest BCUT2D eigenvalue weighted by Crippen LogP contribution is 2.38. The number of benzene rings is 1. The molecule has 1 aromatic carbocycles. The molecule has 4 nitrogen and oxygen atoms in total. The first kappa shape index (κ1) is 11.7. The zero-order chi connectivity index (χ0) is 13.4. The van der Waals surface area contributed by atoms with Crippen LogP contribution >= 0.6 is 11.3 Å². The Balaban J connectivity index is 2.35. The van der Waals surface area contributed by atoms with Gasteiger partial charge in [-0.1, -0.05) is 30.3 Å². The van der Waals surface area contributed by atoms with Gasteiger partial charge in [-0.05, 0) is 17.2 Å². The molecule has 2 aromatic heterocycles. The van der Waals surface area contributed by atoms with Crippen molar-refractivity contribution in [3.8, 4) is 11.1 Å². The molecule has 0 unspecified atom stereocenters. The summed E-state index contributed by atoms with van der Waals surface area (Å²) in [4.78, 5) is 16.1. The molecular formula is C14H10N2O2S. The van der Waals surface area contributed by atoms with Gasteiger partial charge >= 0.3 is 5.97 Å². The third-order valence-corrected chi connectivity index (χ3v) is 4.01. The maximum absolute atomic E-state index is 11.1. The van der Waals surface area contributed by atoms with Crippen LogP contribution in [0.3, 0.4) is 0 Å². The zero-order valence-corrected chi connectivity index (χ0v) is 10.6. The fourth-order valence-corrected chi connectivity index (χ4v) is 2.99. The monoisotopic (exact) mass is 270 g/mol. The van der Waals surface area contributed by atoms with Crippen LogP contribution in [0.1, 0.15) is 9.67 Å². The van der Waals surface area contributed by atoms with Gasteiger partial charge in [-0.2, -0.15) is 0 Å². The molecule has 94 valence electrons. The number of carboxylic acid groups (broad SMARTS) is 1. The molecule has 0 aliphatic carbocycles. The van der Waals surface area contributed by atoms with Crippen molar-refractivity contribution in [3.63, 3.8) is 0 Å². The van der Waals surface area contributed by atoms with Crippen molar-refractivity contribution in [2.45, 2.75) is 0 Å². The van der Waals surface area contributed by atoms with Crippen LogP contribution in [0.25, 0.3) is 21.3 Å². The number of hydrogen-bond donors (Lipinski definition) is 2. The lowest BCUT2D eigenvalue weighted by Crippen LogP contribution is -1.97. The van der Waals surface area contributed by atoms with Crippen LogP contribution in [0, 0.1) is 0 Å². The molecule has 3 rings (SSSR count). The molecule has 0 saturated carbocycles. The van der Waals surface area contributed by atoms with Crippen molar-refractivity contribution in [2.24, 2.45) is 0 Å². The van der Waals surface area contributed by atoms with Gasteiger partial charge in [0.05, 0.1) is 5.69 Å². The standard InChI is InChI=1S/C14H10N2O2S/c15-11-10-9(8-4-2-1-3-5-8)6-7-16-13(10)19-12(11)14(17)18/h1-7H,15H2,(H,17,18). The number of aromatic nitrogens is 1. The van der Waals surface area contributed by atoms with E-state index in [0.717, 1.165) is 27.8 Å². The molecule has 3 aromatic rings. The second-order valence-corrected chi connectivity index (χ2v) is 5.05. The van der Waals surface area contributed by atoms with Crippen LogP contribution in [-0.2, 0) is 0 Å². The highest BCUT2D eigenvalue weighted by Gasteiger charge is 2.18. The van der Waals surface area contributed by atoms with Gasteiger partial charge < -0.3 is 10.8 Å². The molecule has 0 bridgehead atoms. The Labute approximate surface area is 113 Å². The number of nitrogens with zero attached hydrogens (tertiary/aromatic N) is 1. The SMILES string of the molecule is Nc1c(C(=O)O)sc2nccc(-c3ccccc3)c12. The van der Waals surface area contributed by atoms with Crippen LogP contribution < -0.4 is 5.73 Å². The topological polar surface area (TPSA) is 76.2 Å². The predicted octanol–water partition coefficient (Wildman–Crippen LogP) is 3.24. The normalized spacial score (nSPS) is 10.7. The van der Waals surface area contributed by atoms with Gasteiger partial charge in [-0.25, -0.2) is 9.78 Å². The van der Waals surface area contributed by atoms with Gasteiger partial charge in [-0.15, -0.1) is 11.3 Å². The summed E-state index contributed by atoms with van der Waals surface area (Å²) in [6.07, 6.45) is 1.67. The Kier molecular flexibility index (Phi) is 2.68. The molecule has 0 aliphatic rings. The van der Waals surface area contributed by atoms with Gasteiger partial charge in [-0.3, -0.25) is 0 Å². The number of fused-ring (bicyclic) bond motifs is 1. The summed E-state index contributed by atoms with van der Waals surface area (Å²) >= 11 is 1.11. The van der Waals surface area contributed by atoms with Crippen molar-refractivity contribution in [3.05, 3.63) is 47.5 Å². The summed E-state index contributed by atoms with van der Waals surface area (Å²) in [6.45, 7) is 0. The van der Waals surface area contributed by atoms with Gasteiger partial charge in [0.15, 0.2) is 0 Å². The molecule has 0 fully saturated rings. The summed E-state index contributed by atoms with van der Waals surface area (Å²) in [5.41, 5.74) is 8.16. The fraction of sp³-hybridized carbons (Fsp3) is 0. The predicted molar refractivity (Wildman–Crippen MR) is 76.4 cm³/mol. The molecule has 0 radical (unpaired) electrons. The maximum atomic E-state index is 11.1. The molecule has 0 spiro atoms. The molecule has 2 heterocycles. The first-order chi connectivity index (χ1) is 9.18. The van der Waals surface area contributed by atoms with E-state index >= 15 is 0 Å². The van der Waals surface area contributed by atoms with E-state index in [2.05, 4.69) is 4.98 Å². The van der Waals surface area contributed by atoms with E-state index in [1.54, 1.807) is 6.20 Å². The second-order valence-electron chi connectivity index (χ2n) is 4.05. The van der Waals surface area contributed by atoms with E-state index in [4.69, 9.17) is 10.8 Å². The highest BCUT2D eigenvalue weighted by molar-refractivity contribution is 7.21. The third-order valence-electron chi connectivity index (χ3n) is 2.91. The number of nitrogens with two attached hydrogens (primary N) is 1. The van der Waals surface area contributed by atoms with Crippen molar-refractivity contribution in [1.29, 1.82) is 0 Å². The minimum atomic E-state index is -1.01. The number of rotatable bonds is 2. The smallest absolute Gasteiger partial charge is 0.348 e. The third kappa shape index (κ3) is 1.84. The first-order valence-electron chi connectivity index (χ1n) is 5.64. The van der Waals surface area contributed by atoms with Gasteiger partial charge in [0.2, 0.25) is 0 Å². The largest absolute Gasteiger partial charge is 0.477 e. The summed E-state index contributed by atoms with van der Waals surface area (Å²) in [7, 11) is 0. The number of nitrogen functional groups attached to an aromatic ring is 1. The molecule has 0 amide bonds. The Hall–Kier alpha value is -2.40. The van der Waals surface area contributed by atoms with E-state index in [1.165, 1.54) is 0 Å². The number of thiophene rings is 1. The molecule has 0 saturated heterocycles. The van der Waals surface area contributed by atoms with Crippen LogP contribution in [0.4, 0.5) is 5.69 Å². The number of aromatic carboxylic acids is 1. The average molecular weight is 270 g/mol. The van der Waals surface area contributed by atoms with Crippen molar-refractivity contribution < 1.29 is 9.90 Å². The van der Waals surface area contributed by atoms with Gasteiger partial charge in [0.1, 0.15) is 9.71 Å². The Morgan fingerprint density at radius 1 is 1.21 bits per heavy atom. The van der Waals surface area contributed by atoms with Crippen molar-refractivity contribution in [2.75, 3.05) is 5.73 Å². The summed E-state index contributed by atoms with van der Waals surface area (Å²) in [6, 6.07) is 11.6. The lowest BCUT2D eigenvalue weighted by atomic mass is 10.0. The number of anilines is 1. The highest BCUT2D eigenvalue weighted by atomic mass is 32.1. The summed E-state index contributed by atoms with van der Waals surface area (Å²) in [5, 5.41) is 9.85. The molecule has 5 heteroatoms. The van der Waals surface area contributed by atoms with E-state index in [1.807, 2.05) is 36.4 Å². The van der Waals surface area contributed by atoms with Crippen LogP contribution in [0.2, 0.25) is 0 Å². The molecular weight excluding hydrogens is 260 g/mol. The van der Waals surface area contributed by atoms with E-state index in [-0.39, 0.29) is 4.88 Å². The first-order valence-corrected chi connectivity index (χ1v) is 6.46. The number of carbonyl (C=O) groups is 1. The lowest BCUT2D eigenvalue weighted by Gasteiger charge is -2.04. The lowest BCUT2D eigenvalue weighted by molar-refractivity contribution is 0.0703. The minimum Gasteiger partial charge on any atom is -0.477 e. The van der Waals surface area contributed by atoms with E-state index in [9.17, 15) is 4.79 Å². The quantitative estimate of drug-likeness (QED) is 0.749. The van der Waals surface area contributed by atoms with Crippen LogP contribution in [-0.4, -0.2) is 16.1 Å². The van der Waals surface area contributed by atoms with E-state index < -0.39 is 5.97 Å². The van der Waals surface area contributed by atoms with Crippen molar-refractivity contribution >= 4 is 33.2 Å². The molecule has 0 atom stereocenters. The average Bonchev–Trinajstić information content (AvgIpc) is 2.78. The number of carboxylic acids is 1. The van der Waals surface area contributed by atoms with Gasteiger partial charge in [0.25, 0.3) is 0 Å². The van der Waals surface area contributed by atoms with Crippen LogP contribution in [0.15, 0.2) is 42.6 Å². The number of pyridine rings is 1. The Bertz CT molecular complexity index is 766. The second kappa shape index (κ2) is 4.37. The van der Waals surface area contributed by atoms with Crippen LogP contribution in [0.5, 0.6) is 0 Å². The minimum absolute atomic E-state index is 0.144. The van der Waals surface area contributed by atoms with Gasteiger partial charge in [0, 0.05) is 11.6 Å². The Morgan fingerprint density at radius 3 is 2.63 bits per heavy atom. The molecule has 19 heavy (non-hydrogen) atoms. The van der Waals surface area contributed by atoms with E-state index in [0.29, 0.717) is 10.5 Å². The Morgan fingerprint density at radius 2 is 1.95 bits per heavy atom. The van der Waals surface area contributed by atoms with Crippen molar-refractivity contribution in [1.82, 2.24) is 4.98 Å². The maximum Gasteiger partial charge on any atom is 0.348 e. The number of hydrogen-bond acceptors (Lipinski definition) is 4. The fourth-order valence-electron chi connectivity index (χ4n) is 2.06. The summed E-state index contributed by atoms with van der Waals surface area (Å²) < 4.78 is 0. The molecule has 3 N–H and O–H groups in total. The molecule has 0 aliphatic heterocycles. The zero-order valence-electron chi connectivity index (χ0n) is 9.83.